The molecule has 1 fully saturated rings. The van der Waals surface area contributed by atoms with E-state index < -0.39 is 0 Å². The lowest BCUT2D eigenvalue weighted by Crippen LogP contribution is -2.27. The summed E-state index contributed by atoms with van der Waals surface area (Å²) >= 11 is 0. The quantitative estimate of drug-likeness (QED) is 0.844. The second-order valence-corrected chi connectivity index (χ2v) is 4.11. The van der Waals surface area contributed by atoms with Crippen molar-refractivity contribution in [2.45, 2.75) is 39.2 Å². The Kier molecular flexibility index (Phi) is 3.77. The number of hydrogen-bond donors (Lipinski definition) is 1. The number of rotatable bonds is 4. The molecule has 0 spiro atoms. The van der Waals surface area contributed by atoms with E-state index in [4.69, 9.17) is 4.52 Å². The van der Waals surface area contributed by atoms with Crippen molar-refractivity contribution in [2.75, 3.05) is 24.5 Å². The Morgan fingerprint density at radius 3 is 2.81 bits per heavy atom. The molecular formula is C11H20N4O. The number of hydrogen-bond acceptors (Lipinski definition) is 5. The van der Waals surface area contributed by atoms with Gasteiger partial charge in [-0.2, -0.15) is 4.98 Å². The summed E-state index contributed by atoms with van der Waals surface area (Å²) in [5, 5.41) is 7.44. The van der Waals surface area contributed by atoms with Crippen molar-refractivity contribution >= 4 is 5.95 Å². The maximum atomic E-state index is 5.32. The second-order valence-electron chi connectivity index (χ2n) is 4.11. The topological polar surface area (TPSA) is 54.2 Å². The first kappa shape index (κ1) is 11.4. The Morgan fingerprint density at radius 2 is 2.19 bits per heavy atom. The highest BCUT2D eigenvalue weighted by molar-refractivity contribution is 5.27. The molecule has 1 aromatic heterocycles. The molecule has 1 unspecified atom stereocenters. The second kappa shape index (κ2) is 5.30. The molecule has 2 rings (SSSR count). The van der Waals surface area contributed by atoms with Gasteiger partial charge in [0.1, 0.15) is 0 Å². The van der Waals surface area contributed by atoms with Crippen molar-refractivity contribution in [3.63, 3.8) is 0 Å². The van der Waals surface area contributed by atoms with Crippen molar-refractivity contribution in [3.05, 3.63) is 5.89 Å². The molecule has 0 bridgehead atoms. The number of anilines is 1. The Balaban J connectivity index is 2.05. The molecule has 2 heterocycles. The maximum absolute atomic E-state index is 5.32. The molecule has 0 amide bonds. The summed E-state index contributed by atoms with van der Waals surface area (Å²) in [5.74, 6) is 1.45. The van der Waals surface area contributed by atoms with Crippen molar-refractivity contribution in [1.29, 1.82) is 0 Å². The molecule has 90 valence electrons. The van der Waals surface area contributed by atoms with Crippen LogP contribution in [0.5, 0.6) is 0 Å². The van der Waals surface area contributed by atoms with Crippen molar-refractivity contribution in [2.24, 2.45) is 0 Å². The van der Waals surface area contributed by atoms with E-state index in [-0.39, 0.29) is 6.04 Å². The highest BCUT2D eigenvalue weighted by Gasteiger charge is 2.21. The first-order valence-corrected chi connectivity index (χ1v) is 6.17. The standard InChI is InChI=1S/C11H20N4O/c1-3-15(4-2)11-13-10(16-14-11)9-7-5-6-8-12-9/h9,12H,3-8H2,1-2H3. The van der Waals surface area contributed by atoms with Gasteiger partial charge in [-0.15, -0.1) is 0 Å². The molecule has 0 aliphatic carbocycles. The van der Waals surface area contributed by atoms with Crippen molar-refractivity contribution < 1.29 is 4.52 Å². The van der Waals surface area contributed by atoms with Gasteiger partial charge in [0.15, 0.2) is 0 Å². The zero-order valence-electron chi connectivity index (χ0n) is 10.1. The van der Waals surface area contributed by atoms with Crippen LogP contribution in [0.25, 0.3) is 0 Å². The van der Waals surface area contributed by atoms with E-state index in [1.54, 1.807) is 0 Å². The predicted molar refractivity (Wildman–Crippen MR) is 62.5 cm³/mol. The Hall–Kier alpha value is -1.10. The number of nitrogens with zero attached hydrogens (tertiary/aromatic N) is 3. The van der Waals surface area contributed by atoms with E-state index >= 15 is 0 Å². The van der Waals surface area contributed by atoms with Gasteiger partial charge in [0.2, 0.25) is 5.89 Å². The van der Waals surface area contributed by atoms with E-state index in [9.17, 15) is 0 Å². The maximum Gasteiger partial charge on any atom is 0.266 e. The first-order valence-electron chi connectivity index (χ1n) is 6.17. The van der Waals surface area contributed by atoms with Gasteiger partial charge in [0.25, 0.3) is 5.95 Å². The largest absolute Gasteiger partial charge is 0.339 e. The van der Waals surface area contributed by atoms with Gasteiger partial charge in [-0.05, 0) is 38.4 Å². The van der Waals surface area contributed by atoms with Crippen LogP contribution in [0.4, 0.5) is 5.95 Å². The fourth-order valence-electron chi connectivity index (χ4n) is 2.07. The summed E-state index contributed by atoms with van der Waals surface area (Å²) < 4.78 is 5.32. The minimum atomic E-state index is 0.255. The SMILES string of the molecule is CCN(CC)c1noc(C2CCCCN2)n1. The fourth-order valence-corrected chi connectivity index (χ4v) is 2.07. The van der Waals surface area contributed by atoms with Crippen LogP contribution in [-0.4, -0.2) is 29.8 Å². The monoisotopic (exact) mass is 224 g/mol. The number of aromatic nitrogens is 2. The molecule has 1 N–H and O–H groups in total. The Bertz CT molecular complexity index is 316. The van der Waals surface area contributed by atoms with Crippen LogP contribution in [-0.2, 0) is 0 Å². The zero-order chi connectivity index (χ0) is 11.4. The molecule has 1 saturated heterocycles. The van der Waals surface area contributed by atoms with Gasteiger partial charge in [0, 0.05) is 13.1 Å². The van der Waals surface area contributed by atoms with Crippen LogP contribution in [0.1, 0.15) is 45.0 Å². The van der Waals surface area contributed by atoms with Gasteiger partial charge in [-0.25, -0.2) is 0 Å². The third-order valence-corrected chi connectivity index (χ3v) is 3.09. The van der Waals surface area contributed by atoms with Crippen LogP contribution >= 0.6 is 0 Å². The molecule has 1 atom stereocenters. The van der Waals surface area contributed by atoms with E-state index in [1.165, 1.54) is 12.8 Å². The van der Waals surface area contributed by atoms with E-state index in [1.807, 2.05) is 0 Å². The van der Waals surface area contributed by atoms with Crippen molar-refractivity contribution in [3.8, 4) is 0 Å². The van der Waals surface area contributed by atoms with E-state index in [2.05, 4.69) is 34.2 Å². The number of nitrogens with one attached hydrogen (secondary N) is 1. The summed E-state index contributed by atoms with van der Waals surface area (Å²) in [6, 6.07) is 0.255. The molecule has 16 heavy (non-hydrogen) atoms. The average molecular weight is 224 g/mol. The fraction of sp³-hybridized carbons (Fsp3) is 0.818. The molecular weight excluding hydrogens is 204 g/mol. The molecule has 0 saturated carbocycles. The minimum absolute atomic E-state index is 0.255. The number of piperidine rings is 1. The molecule has 1 aliphatic rings. The van der Waals surface area contributed by atoms with E-state index in [0.717, 1.165) is 31.9 Å². The van der Waals surface area contributed by atoms with Gasteiger partial charge >= 0.3 is 0 Å². The summed E-state index contributed by atoms with van der Waals surface area (Å²) in [7, 11) is 0. The lowest BCUT2D eigenvalue weighted by Gasteiger charge is -2.19. The molecule has 1 aliphatic heterocycles. The lowest BCUT2D eigenvalue weighted by molar-refractivity contribution is 0.297. The van der Waals surface area contributed by atoms with Crippen LogP contribution in [0.3, 0.4) is 0 Å². The highest BCUT2D eigenvalue weighted by Crippen LogP contribution is 2.22. The summed E-state index contributed by atoms with van der Waals surface area (Å²) in [6.45, 7) is 7.06. The average Bonchev–Trinajstić information content (AvgIpc) is 2.81. The summed E-state index contributed by atoms with van der Waals surface area (Å²) in [6.07, 6.45) is 3.58. The summed E-state index contributed by atoms with van der Waals surface area (Å²) in [4.78, 5) is 6.55. The van der Waals surface area contributed by atoms with Crippen LogP contribution in [0.2, 0.25) is 0 Å². The van der Waals surface area contributed by atoms with E-state index in [0.29, 0.717) is 5.95 Å². The molecule has 1 aromatic rings. The molecule has 0 radical (unpaired) electrons. The van der Waals surface area contributed by atoms with Gasteiger partial charge in [-0.3, -0.25) is 0 Å². The molecule has 5 heteroatoms. The summed E-state index contributed by atoms with van der Waals surface area (Å²) in [5.41, 5.74) is 0. The Morgan fingerprint density at radius 1 is 1.38 bits per heavy atom. The van der Waals surface area contributed by atoms with Crippen LogP contribution in [0.15, 0.2) is 4.52 Å². The van der Waals surface area contributed by atoms with Crippen molar-refractivity contribution in [1.82, 2.24) is 15.5 Å². The predicted octanol–water partition coefficient (Wildman–Crippen LogP) is 1.73. The smallest absolute Gasteiger partial charge is 0.266 e. The highest BCUT2D eigenvalue weighted by atomic mass is 16.5. The van der Waals surface area contributed by atoms with Crippen LogP contribution in [0, 0.1) is 0 Å². The lowest BCUT2D eigenvalue weighted by atomic mass is 10.1. The first-order chi connectivity index (χ1) is 7.85. The third-order valence-electron chi connectivity index (χ3n) is 3.09. The van der Waals surface area contributed by atoms with Gasteiger partial charge < -0.3 is 14.7 Å². The van der Waals surface area contributed by atoms with Crippen LogP contribution < -0.4 is 10.2 Å². The Labute approximate surface area is 96.2 Å². The third kappa shape index (κ3) is 2.35. The minimum Gasteiger partial charge on any atom is -0.339 e. The molecule has 0 aromatic carbocycles. The normalized spacial score (nSPS) is 21.0. The van der Waals surface area contributed by atoms with Gasteiger partial charge in [-0.1, -0.05) is 6.42 Å². The molecule has 5 nitrogen and oxygen atoms in total. The zero-order valence-corrected chi connectivity index (χ0v) is 10.1. The van der Waals surface area contributed by atoms with Gasteiger partial charge in [0.05, 0.1) is 6.04 Å².